The zero-order chi connectivity index (χ0) is 14.8. The number of anilines is 1. The molecule has 0 bridgehead atoms. The Morgan fingerprint density at radius 1 is 1.32 bits per heavy atom. The van der Waals surface area contributed by atoms with Crippen molar-refractivity contribution in [2.75, 3.05) is 5.73 Å². The van der Waals surface area contributed by atoms with Crippen molar-refractivity contribution < 1.29 is 18.3 Å². The van der Waals surface area contributed by atoms with Crippen LogP contribution in [0.3, 0.4) is 0 Å². The number of benzene rings is 1. The maximum Gasteiger partial charge on any atom is 0.261 e. The van der Waals surface area contributed by atoms with E-state index in [2.05, 4.69) is 5.32 Å². The standard InChI is InChI=1S/C13H18F2N2O2/c1-7(12(18)17-13(2,3)4)19-11-6-8(14)10(16)5-9(11)15/h5-7H,16H2,1-4H3,(H,17,18). The largest absolute Gasteiger partial charge is 0.478 e. The first-order chi connectivity index (χ1) is 8.60. The molecule has 0 spiro atoms. The molecule has 0 aromatic heterocycles. The van der Waals surface area contributed by atoms with E-state index >= 15 is 0 Å². The van der Waals surface area contributed by atoms with Gasteiger partial charge >= 0.3 is 0 Å². The van der Waals surface area contributed by atoms with Gasteiger partial charge in [0, 0.05) is 17.7 Å². The van der Waals surface area contributed by atoms with Gasteiger partial charge in [-0.05, 0) is 27.7 Å². The maximum absolute atomic E-state index is 13.5. The first kappa shape index (κ1) is 15.2. The molecule has 0 saturated carbocycles. The second kappa shape index (κ2) is 5.42. The van der Waals surface area contributed by atoms with Gasteiger partial charge in [0.25, 0.3) is 5.91 Å². The van der Waals surface area contributed by atoms with E-state index in [1.54, 1.807) is 20.8 Å². The Morgan fingerprint density at radius 3 is 2.42 bits per heavy atom. The van der Waals surface area contributed by atoms with Gasteiger partial charge in [0.15, 0.2) is 17.7 Å². The second-order valence-corrected chi connectivity index (χ2v) is 5.30. The van der Waals surface area contributed by atoms with Gasteiger partial charge < -0.3 is 15.8 Å². The van der Waals surface area contributed by atoms with Crippen molar-refractivity contribution in [3.05, 3.63) is 23.8 Å². The van der Waals surface area contributed by atoms with Crippen LogP contribution < -0.4 is 15.8 Å². The number of rotatable bonds is 3. The Labute approximate surface area is 110 Å². The molecule has 1 aromatic carbocycles. The van der Waals surface area contributed by atoms with E-state index in [4.69, 9.17) is 10.5 Å². The fourth-order valence-electron chi connectivity index (χ4n) is 1.35. The van der Waals surface area contributed by atoms with Crippen LogP contribution in [0.1, 0.15) is 27.7 Å². The molecule has 0 fully saturated rings. The first-order valence-electron chi connectivity index (χ1n) is 5.83. The van der Waals surface area contributed by atoms with E-state index in [0.29, 0.717) is 0 Å². The van der Waals surface area contributed by atoms with Crippen LogP contribution >= 0.6 is 0 Å². The molecule has 19 heavy (non-hydrogen) atoms. The van der Waals surface area contributed by atoms with Crippen molar-refractivity contribution in [1.29, 1.82) is 0 Å². The summed E-state index contributed by atoms with van der Waals surface area (Å²) in [7, 11) is 0. The summed E-state index contributed by atoms with van der Waals surface area (Å²) in [6, 6.07) is 1.64. The molecule has 0 saturated heterocycles. The number of halogens is 2. The maximum atomic E-state index is 13.5. The SMILES string of the molecule is CC(Oc1cc(F)c(N)cc1F)C(=O)NC(C)(C)C. The van der Waals surface area contributed by atoms with Crippen LogP contribution in [0.25, 0.3) is 0 Å². The number of carbonyl (C=O) groups excluding carboxylic acids is 1. The molecule has 4 nitrogen and oxygen atoms in total. The van der Waals surface area contributed by atoms with Crippen LogP contribution in [0.4, 0.5) is 14.5 Å². The molecule has 0 radical (unpaired) electrons. The van der Waals surface area contributed by atoms with Crippen LogP contribution in [0, 0.1) is 11.6 Å². The van der Waals surface area contributed by atoms with Gasteiger partial charge in [0.2, 0.25) is 0 Å². The van der Waals surface area contributed by atoms with E-state index in [1.165, 1.54) is 6.92 Å². The summed E-state index contributed by atoms with van der Waals surface area (Å²) >= 11 is 0. The smallest absolute Gasteiger partial charge is 0.261 e. The fraction of sp³-hybridized carbons (Fsp3) is 0.462. The van der Waals surface area contributed by atoms with Gasteiger partial charge in [0.05, 0.1) is 5.69 Å². The highest BCUT2D eigenvalue weighted by Gasteiger charge is 2.22. The summed E-state index contributed by atoms with van der Waals surface area (Å²) < 4.78 is 31.8. The number of ether oxygens (including phenoxy) is 1. The lowest BCUT2D eigenvalue weighted by Crippen LogP contribution is -2.46. The van der Waals surface area contributed by atoms with Crippen molar-refractivity contribution in [1.82, 2.24) is 5.32 Å². The normalized spacial score (nSPS) is 12.9. The molecule has 6 heteroatoms. The van der Waals surface area contributed by atoms with E-state index < -0.39 is 29.2 Å². The highest BCUT2D eigenvalue weighted by atomic mass is 19.1. The molecule has 106 valence electrons. The lowest BCUT2D eigenvalue weighted by Gasteiger charge is -2.23. The summed E-state index contributed by atoms with van der Waals surface area (Å²) in [5.41, 5.74) is 4.47. The lowest BCUT2D eigenvalue weighted by molar-refractivity contribution is -0.128. The minimum atomic E-state index is -0.947. The molecule has 0 aliphatic carbocycles. The van der Waals surface area contributed by atoms with Crippen LogP contribution in [0.2, 0.25) is 0 Å². The highest BCUT2D eigenvalue weighted by molar-refractivity contribution is 5.81. The summed E-state index contributed by atoms with van der Waals surface area (Å²) in [5, 5.41) is 2.68. The monoisotopic (exact) mass is 272 g/mol. The van der Waals surface area contributed by atoms with E-state index in [9.17, 15) is 13.6 Å². The summed E-state index contributed by atoms with van der Waals surface area (Å²) in [5.74, 6) is -2.36. The molecule has 0 aliphatic heterocycles. The molecule has 0 aliphatic rings. The fourth-order valence-corrected chi connectivity index (χ4v) is 1.35. The topological polar surface area (TPSA) is 64.3 Å². The van der Waals surface area contributed by atoms with Crippen LogP contribution in [-0.4, -0.2) is 17.6 Å². The van der Waals surface area contributed by atoms with Gasteiger partial charge in [-0.25, -0.2) is 8.78 Å². The van der Waals surface area contributed by atoms with Crippen molar-refractivity contribution in [2.45, 2.75) is 39.3 Å². The van der Waals surface area contributed by atoms with Gasteiger partial charge in [-0.2, -0.15) is 0 Å². The molecule has 1 aromatic rings. The Bertz CT molecular complexity index is 484. The summed E-state index contributed by atoms with van der Waals surface area (Å²) in [4.78, 5) is 11.7. The predicted molar refractivity (Wildman–Crippen MR) is 68.8 cm³/mol. The minimum Gasteiger partial charge on any atom is -0.478 e. The second-order valence-electron chi connectivity index (χ2n) is 5.30. The number of hydrogen-bond acceptors (Lipinski definition) is 3. The third kappa shape index (κ3) is 4.39. The van der Waals surface area contributed by atoms with Crippen molar-refractivity contribution >= 4 is 11.6 Å². The molecule has 1 unspecified atom stereocenters. The molecular weight excluding hydrogens is 254 g/mol. The average Bonchev–Trinajstić information content (AvgIpc) is 2.23. The van der Waals surface area contributed by atoms with Crippen LogP contribution in [-0.2, 0) is 4.79 Å². The van der Waals surface area contributed by atoms with Crippen molar-refractivity contribution in [3.63, 3.8) is 0 Å². The summed E-state index contributed by atoms with van der Waals surface area (Å²) in [6.45, 7) is 6.87. The Kier molecular flexibility index (Phi) is 4.34. The summed E-state index contributed by atoms with van der Waals surface area (Å²) in [6.07, 6.45) is -0.947. The molecule has 1 amide bonds. The minimum absolute atomic E-state index is 0.309. The predicted octanol–water partition coefficient (Wildman–Crippen LogP) is 2.23. The van der Waals surface area contributed by atoms with Crippen LogP contribution in [0.5, 0.6) is 5.75 Å². The average molecular weight is 272 g/mol. The van der Waals surface area contributed by atoms with Gasteiger partial charge in [-0.15, -0.1) is 0 Å². The van der Waals surface area contributed by atoms with E-state index in [-0.39, 0.29) is 11.4 Å². The third-order valence-corrected chi connectivity index (χ3v) is 2.22. The molecule has 1 rings (SSSR count). The zero-order valence-electron chi connectivity index (χ0n) is 11.4. The first-order valence-corrected chi connectivity index (χ1v) is 5.83. The molecule has 1 atom stereocenters. The number of nitrogen functional groups attached to an aromatic ring is 1. The Morgan fingerprint density at radius 2 is 1.89 bits per heavy atom. The lowest BCUT2D eigenvalue weighted by atomic mass is 10.1. The van der Waals surface area contributed by atoms with Crippen LogP contribution in [0.15, 0.2) is 12.1 Å². The van der Waals surface area contributed by atoms with E-state index in [0.717, 1.165) is 12.1 Å². The quantitative estimate of drug-likeness (QED) is 0.829. The number of hydrogen-bond donors (Lipinski definition) is 2. The Hall–Kier alpha value is -1.85. The van der Waals surface area contributed by atoms with Gasteiger partial charge in [-0.3, -0.25) is 4.79 Å². The van der Waals surface area contributed by atoms with Crippen molar-refractivity contribution in [3.8, 4) is 5.75 Å². The van der Waals surface area contributed by atoms with E-state index in [1.807, 2.05) is 0 Å². The highest BCUT2D eigenvalue weighted by Crippen LogP contribution is 2.24. The number of nitrogens with two attached hydrogens (primary N) is 1. The molecule has 0 heterocycles. The third-order valence-electron chi connectivity index (χ3n) is 2.22. The zero-order valence-corrected chi connectivity index (χ0v) is 11.4. The Balaban J connectivity index is 2.80. The van der Waals surface area contributed by atoms with Gasteiger partial charge in [0.1, 0.15) is 5.82 Å². The molecule has 3 N–H and O–H groups in total. The number of nitrogens with one attached hydrogen (secondary N) is 1. The molecular formula is C13H18F2N2O2. The number of carbonyl (C=O) groups is 1. The van der Waals surface area contributed by atoms with Gasteiger partial charge in [-0.1, -0.05) is 0 Å². The van der Waals surface area contributed by atoms with Crippen molar-refractivity contribution in [2.24, 2.45) is 0 Å². The number of amides is 1.